The zero-order valence-corrected chi connectivity index (χ0v) is 16.2. The van der Waals surface area contributed by atoms with Gasteiger partial charge in [-0.15, -0.1) is 0 Å². The van der Waals surface area contributed by atoms with Crippen molar-refractivity contribution in [2.24, 2.45) is 5.41 Å². The normalized spacial score (nSPS) is 13.3. The third kappa shape index (κ3) is 5.74. The SMILES string of the molecule is CCC(=O)NCc1ccc(Cl)c(C(O[Si](C)C)C(C)(C)C)c1. The minimum Gasteiger partial charge on any atom is -0.410 e. The van der Waals surface area contributed by atoms with Crippen LogP contribution in [0.2, 0.25) is 18.1 Å². The predicted molar refractivity (Wildman–Crippen MR) is 94.4 cm³/mol. The lowest BCUT2D eigenvalue weighted by atomic mass is 9.84. The van der Waals surface area contributed by atoms with Crippen LogP contribution < -0.4 is 5.32 Å². The second-order valence-electron chi connectivity index (χ2n) is 6.76. The van der Waals surface area contributed by atoms with Gasteiger partial charge in [-0.05, 0) is 41.8 Å². The van der Waals surface area contributed by atoms with E-state index in [1.54, 1.807) is 0 Å². The molecule has 0 fully saturated rings. The van der Waals surface area contributed by atoms with Crippen LogP contribution in [-0.2, 0) is 15.8 Å². The maximum atomic E-state index is 11.4. The molecule has 1 aromatic rings. The highest BCUT2D eigenvalue weighted by molar-refractivity contribution is 6.48. The van der Waals surface area contributed by atoms with Gasteiger partial charge in [0.25, 0.3) is 0 Å². The maximum absolute atomic E-state index is 11.4. The van der Waals surface area contributed by atoms with Crippen LogP contribution in [0.1, 0.15) is 51.3 Å². The zero-order chi connectivity index (χ0) is 16.9. The molecule has 0 aromatic heterocycles. The van der Waals surface area contributed by atoms with Crippen molar-refractivity contribution in [3.8, 4) is 0 Å². The van der Waals surface area contributed by atoms with Crippen LogP contribution in [0.4, 0.5) is 0 Å². The van der Waals surface area contributed by atoms with E-state index in [1.165, 1.54) is 0 Å². The first-order valence-electron chi connectivity index (χ1n) is 7.67. The summed E-state index contributed by atoms with van der Waals surface area (Å²) in [7, 11) is -0.850. The van der Waals surface area contributed by atoms with Crippen molar-refractivity contribution < 1.29 is 9.22 Å². The van der Waals surface area contributed by atoms with Crippen molar-refractivity contribution in [3.63, 3.8) is 0 Å². The largest absolute Gasteiger partial charge is 0.410 e. The lowest BCUT2D eigenvalue weighted by Gasteiger charge is -2.33. The molecule has 0 bridgehead atoms. The molecule has 1 amide bonds. The second-order valence-corrected chi connectivity index (χ2v) is 9.22. The first-order valence-corrected chi connectivity index (χ1v) is 10.5. The number of benzene rings is 1. The lowest BCUT2D eigenvalue weighted by Crippen LogP contribution is -2.26. The number of amides is 1. The summed E-state index contributed by atoms with van der Waals surface area (Å²) in [6, 6.07) is 5.90. The summed E-state index contributed by atoms with van der Waals surface area (Å²) in [5, 5.41) is 3.61. The molecule has 1 N–H and O–H groups in total. The molecule has 1 atom stereocenters. The summed E-state index contributed by atoms with van der Waals surface area (Å²) in [5.41, 5.74) is 2.00. The number of carbonyl (C=O) groups is 1. The van der Waals surface area contributed by atoms with Gasteiger partial charge < -0.3 is 9.74 Å². The number of nitrogens with one attached hydrogen (secondary N) is 1. The Morgan fingerprint density at radius 1 is 1.36 bits per heavy atom. The van der Waals surface area contributed by atoms with Crippen LogP contribution in [0.5, 0.6) is 0 Å². The first-order chi connectivity index (χ1) is 10.1. The average molecular weight is 341 g/mol. The van der Waals surface area contributed by atoms with Crippen molar-refractivity contribution in [1.82, 2.24) is 5.32 Å². The van der Waals surface area contributed by atoms with Gasteiger partial charge in [0.1, 0.15) is 0 Å². The van der Waals surface area contributed by atoms with Crippen LogP contribution in [0.3, 0.4) is 0 Å². The van der Waals surface area contributed by atoms with Gasteiger partial charge in [-0.2, -0.15) is 0 Å². The van der Waals surface area contributed by atoms with Crippen molar-refractivity contribution in [2.75, 3.05) is 0 Å². The lowest BCUT2D eigenvalue weighted by molar-refractivity contribution is -0.120. The van der Waals surface area contributed by atoms with E-state index in [9.17, 15) is 4.79 Å². The molecule has 1 radical (unpaired) electrons. The van der Waals surface area contributed by atoms with Gasteiger partial charge in [-0.1, -0.05) is 45.4 Å². The molecule has 0 aliphatic heterocycles. The molecule has 1 aromatic carbocycles. The van der Waals surface area contributed by atoms with Gasteiger partial charge in [0.05, 0.1) is 6.10 Å². The average Bonchev–Trinajstić information content (AvgIpc) is 2.42. The van der Waals surface area contributed by atoms with E-state index < -0.39 is 9.04 Å². The quantitative estimate of drug-likeness (QED) is 0.761. The van der Waals surface area contributed by atoms with Gasteiger partial charge >= 0.3 is 0 Å². The molecule has 0 aliphatic rings. The molecule has 123 valence electrons. The molecule has 5 heteroatoms. The van der Waals surface area contributed by atoms with E-state index in [1.807, 2.05) is 19.1 Å². The van der Waals surface area contributed by atoms with Gasteiger partial charge in [-0.25, -0.2) is 0 Å². The molecule has 22 heavy (non-hydrogen) atoms. The van der Waals surface area contributed by atoms with Gasteiger partial charge in [0.15, 0.2) is 0 Å². The number of carbonyl (C=O) groups excluding carboxylic acids is 1. The minimum atomic E-state index is -0.850. The third-order valence-corrected chi connectivity index (χ3v) is 4.35. The number of halogens is 1. The van der Waals surface area contributed by atoms with E-state index in [0.717, 1.165) is 11.1 Å². The summed E-state index contributed by atoms with van der Waals surface area (Å²) in [6.45, 7) is 13.1. The summed E-state index contributed by atoms with van der Waals surface area (Å²) in [6.07, 6.45) is 0.441. The zero-order valence-electron chi connectivity index (χ0n) is 14.4. The molecule has 0 spiro atoms. The van der Waals surface area contributed by atoms with Crippen LogP contribution in [-0.4, -0.2) is 14.9 Å². The van der Waals surface area contributed by atoms with Crippen molar-refractivity contribution in [1.29, 1.82) is 0 Å². The van der Waals surface area contributed by atoms with Crippen molar-refractivity contribution in [2.45, 2.75) is 59.9 Å². The summed E-state index contributed by atoms with van der Waals surface area (Å²) in [5.74, 6) is 0.0488. The highest BCUT2D eigenvalue weighted by atomic mass is 35.5. The van der Waals surface area contributed by atoms with E-state index >= 15 is 0 Å². The van der Waals surface area contributed by atoms with Crippen LogP contribution in [0, 0.1) is 5.41 Å². The fraction of sp³-hybridized carbons (Fsp3) is 0.588. The van der Waals surface area contributed by atoms with Crippen LogP contribution >= 0.6 is 11.6 Å². The highest BCUT2D eigenvalue weighted by Gasteiger charge is 2.30. The maximum Gasteiger partial charge on any atom is 0.219 e. The number of rotatable bonds is 6. The van der Waals surface area contributed by atoms with Crippen molar-refractivity contribution in [3.05, 3.63) is 34.3 Å². The third-order valence-electron chi connectivity index (χ3n) is 3.29. The van der Waals surface area contributed by atoms with Gasteiger partial charge in [-0.3, -0.25) is 4.79 Å². The number of hydrogen-bond acceptors (Lipinski definition) is 2. The minimum absolute atomic E-state index is 0.0448. The predicted octanol–water partition coefficient (Wildman–Crippen LogP) is 4.72. The Morgan fingerprint density at radius 3 is 2.50 bits per heavy atom. The summed E-state index contributed by atoms with van der Waals surface area (Å²) >= 11 is 6.41. The number of hydrogen-bond donors (Lipinski definition) is 1. The molecular formula is C17H27ClNO2Si. The summed E-state index contributed by atoms with van der Waals surface area (Å²) < 4.78 is 6.21. The monoisotopic (exact) mass is 340 g/mol. The summed E-state index contributed by atoms with van der Waals surface area (Å²) in [4.78, 5) is 11.4. The molecule has 1 unspecified atom stereocenters. The highest BCUT2D eigenvalue weighted by Crippen LogP contribution is 2.40. The Hall–Kier alpha value is -0.843. The Labute approximate surface area is 141 Å². The smallest absolute Gasteiger partial charge is 0.219 e. The van der Waals surface area contributed by atoms with Crippen LogP contribution in [0.25, 0.3) is 0 Å². The Morgan fingerprint density at radius 2 is 2.00 bits per heavy atom. The van der Waals surface area contributed by atoms with E-state index in [0.29, 0.717) is 18.0 Å². The molecule has 0 saturated heterocycles. The van der Waals surface area contributed by atoms with Crippen LogP contribution in [0.15, 0.2) is 18.2 Å². The molecule has 0 aliphatic carbocycles. The van der Waals surface area contributed by atoms with E-state index in [4.69, 9.17) is 16.0 Å². The van der Waals surface area contributed by atoms with Gasteiger partial charge in [0, 0.05) is 18.0 Å². The van der Waals surface area contributed by atoms with Crippen molar-refractivity contribution >= 4 is 26.5 Å². The fourth-order valence-corrected chi connectivity index (χ4v) is 3.34. The second kappa shape index (κ2) is 8.13. The fourth-order valence-electron chi connectivity index (χ4n) is 2.17. The topological polar surface area (TPSA) is 38.3 Å². The standard InChI is InChI=1S/C17H27ClNO2Si/c1-7-15(20)19-11-12-8-9-14(18)13(10-12)16(17(2,3)4)21-22(5)6/h8-10,16H,7,11H2,1-6H3,(H,19,20). The first kappa shape index (κ1) is 19.2. The Kier molecular flexibility index (Phi) is 7.10. The Balaban J connectivity index is 3.06. The van der Waals surface area contributed by atoms with E-state index in [-0.39, 0.29) is 17.4 Å². The molecule has 1 rings (SSSR count). The Bertz CT molecular complexity index is 512. The van der Waals surface area contributed by atoms with E-state index in [2.05, 4.69) is 45.2 Å². The molecular weight excluding hydrogens is 314 g/mol. The molecule has 0 heterocycles. The molecule has 3 nitrogen and oxygen atoms in total. The molecule has 0 saturated carbocycles. The van der Waals surface area contributed by atoms with Gasteiger partial charge in [0.2, 0.25) is 14.9 Å².